The SMILES string of the molecule is S.c1ccc2[nH]ccc2c1. The first-order chi connectivity index (χ1) is 4.47. The van der Waals surface area contributed by atoms with Gasteiger partial charge in [-0.3, -0.25) is 0 Å². The fourth-order valence-corrected chi connectivity index (χ4v) is 0.995. The van der Waals surface area contributed by atoms with Crippen LogP contribution < -0.4 is 0 Å². The maximum absolute atomic E-state index is 3.12. The van der Waals surface area contributed by atoms with E-state index in [1.54, 1.807) is 0 Å². The highest BCUT2D eigenvalue weighted by molar-refractivity contribution is 7.59. The lowest BCUT2D eigenvalue weighted by molar-refractivity contribution is 1.48. The molecule has 1 aromatic heterocycles. The van der Waals surface area contributed by atoms with E-state index in [2.05, 4.69) is 23.2 Å². The van der Waals surface area contributed by atoms with Crippen LogP contribution in [-0.2, 0) is 0 Å². The van der Waals surface area contributed by atoms with E-state index < -0.39 is 0 Å². The van der Waals surface area contributed by atoms with Crippen molar-refractivity contribution in [1.29, 1.82) is 0 Å². The van der Waals surface area contributed by atoms with E-state index >= 15 is 0 Å². The summed E-state index contributed by atoms with van der Waals surface area (Å²) in [5, 5.41) is 1.28. The van der Waals surface area contributed by atoms with Crippen molar-refractivity contribution in [3.05, 3.63) is 36.5 Å². The number of aromatic nitrogens is 1. The molecule has 2 heteroatoms. The van der Waals surface area contributed by atoms with Gasteiger partial charge in [-0.1, -0.05) is 18.2 Å². The molecule has 2 rings (SSSR count). The Hall–Kier alpha value is -0.890. The summed E-state index contributed by atoms with van der Waals surface area (Å²) in [4.78, 5) is 3.12. The standard InChI is InChI=1S/C8H7N.H2S/c1-2-4-8-7(3-1)5-6-9-8;/h1-6,9H;1H2. The van der Waals surface area contributed by atoms with Crippen molar-refractivity contribution in [2.75, 3.05) is 0 Å². The van der Waals surface area contributed by atoms with Crippen LogP contribution in [0.1, 0.15) is 0 Å². The van der Waals surface area contributed by atoms with E-state index in [1.807, 2.05) is 18.3 Å². The van der Waals surface area contributed by atoms with Gasteiger partial charge in [-0.05, 0) is 17.5 Å². The van der Waals surface area contributed by atoms with Gasteiger partial charge in [-0.25, -0.2) is 0 Å². The zero-order valence-electron chi connectivity index (χ0n) is 5.46. The molecule has 0 fully saturated rings. The normalized spacial score (nSPS) is 9.20. The molecule has 0 atom stereocenters. The van der Waals surface area contributed by atoms with Crippen LogP contribution in [0.5, 0.6) is 0 Å². The van der Waals surface area contributed by atoms with Crippen molar-refractivity contribution in [3.8, 4) is 0 Å². The molecule has 0 aliphatic rings. The van der Waals surface area contributed by atoms with Crippen LogP contribution in [0.15, 0.2) is 36.5 Å². The lowest BCUT2D eigenvalue weighted by Crippen LogP contribution is -1.61. The average Bonchev–Trinajstić information content (AvgIpc) is 2.33. The quantitative estimate of drug-likeness (QED) is 0.594. The number of hydrogen-bond donors (Lipinski definition) is 1. The van der Waals surface area contributed by atoms with Gasteiger partial charge in [-0.15, -0.1) is 0 Å². The zero-order valence-corrected chi connectivity index (χ0v) is 6.46. The van der Waals surface area contributed by atoms with Crippen LogP contribution in [-0.4, -0.2) is 4.98 Å². The van der Waals surface area contributed by atoms with Crippen LogP contribution >= 0.6 is 13.5 Å². The Morgan fingerprint density at radius 1 is 1.00 bits per heavy atom. The first-order valence-corrected chi connectivity index (χ1v) is 2.99. The molecule has 0 aliphatic heterocycles. The largest absolute Gasteiger partial charge is 0.361 e. The van der Waals surface area contributed by atoms with Crippen molar-refractivity contribution in [2.24, 2.45) is 0 Å². The van der Waals surface area contributed by atoms with Gasteiger partial charge in [-0.2, -0.15) is 13.5 Å². The van der Waals surface area contributed by atoms with Gasteiger partial charge in [0.2, 0.25) is 0 Å². The number of hydrogen-bond acceptors (Lipinski definition) is 0. The van der Waals surface area contributed by atoms with Crippen molar-refractivity contribution in [1.82, 2.24) is 4.98 Å². The second kappa shape index (κ2) is 2.80. The Labute approximate surface area is 66.5 Å². The van der Waals surface area contributed by atoms with Gasteiger partial charge < -0.3 is 4.98 Å². The predicted molar refractivity (Wildman–Crippen MR) is 48.7 cm³/mol. The van der Waals surface area contributed by atoms with Gasteiger partial charge >= 0.3 is 0 Å². The fraction of sp³-hybridized carbons (Fsp3) is 0. The molecule has 0 saturated carbocycles. The van der Waals surface area contributed by atoms with Crippen LogP contribution in [0.2, 0.25) is 0 Å². The molecule has 2 aromatic rings. The molecule has 0 bridgehead atoms. The minimum atomic E-state index is 0. The van der Waals surface area contributed by atoms with E-state index in [0.717, 1.165) is 0 Å². The summed E-state index contributed by atoms with van der Waals surface area (Å²) in [6, 6.07) is 10.3. The van der Waals surface area contributed by atoms with E-state index in [4.69, 9.17) is 0 Å². The van der Waals surface area contributed by atoms with Crippen LogP contribution in [0.4, 0.5) is 0 Å². The third-order valence-corrected chi connectivity index (χ3v) is 1.46. The van der Waals surface area contributed by atoms with E-state index in [1.165, 1.54) is 10.9 Å². The maximum Gasteiger partial charge on any atom is 0.0453 e. The Morgan fingerprint density at radius 3 is 2.60 bits per heavy atom. The van der Waals surface area contributed by atoms with Crippen LogP contribution in [0.3, 0.4) is 0 Å². The number of rotatable bonds is 0. The van der Waals surface area contributed by atoms with Crippen molar-refractivity contribution < 1.29 is 0 Å². The van der Waals surface area contributed by atoms with Gasteiger partial charge in [0.25, 0.3) is 0 Å². The number of aromatic amines is 1. The lowest BCUT2D eigenvalue weighted by atomic mass is 10.3. The minimum absolute atomic E-state index is 0. The number of benzene rings is 1. The van der Waals surface area contributed by atoms with Crippen molar-refractivity contribution in [2.45, 2.75) is 0 Å². The summed E-state index contributed by atoms with van der Waals surface area (Å²) in [6.07, 6.45) is 1.95. The molecule has 1 heterocycles. The maximum atomic E-state index is 3.12. The zero-order chi connectivity index (χ0) is 6.10. The van der Waals surface area contributed by atoms with E-state index in [9.17, 15) is 0 Å². The Balaban J connectivity index is 0.000000500. The molecule has 1 N–H and O–H groups in total. The molecule has 0 radical (unpaired) electrons. The third kappa shape index (κ3) is 1.02. The topological polar surface area (TPSA) is 15.8 Å². The molecular weight excluding hydrogens is 142 g/mol. The molecule has 0 saturated heterocycles. The summed E-state index contributed by atoms with van der Waals surface area (Å²) < 4.78 is 0. The van der Waals surface area contributed by atoms with E-state index in [0.29, 0.717) is 0 Å². The van der Waals surface area contributed by atoms with Crippen LogP contribution in [0.25, 0.3) is 10.9 Å². The van der Waals surface area contributed by atoms with Gasteiger partial charge in [0.1, 0.15) is 0 Å². The molecule has 0 spiro atoms. The molecule has 1 aromatic carbocycles. The number of nitrogens with one attached hydrogen (secondary N) is 1. The minimum Gasteiger partial charge on any atom is -0.361 e. The molecule has 1 nitrogen and oxygen atoms in total. The molecular formula is C8H9NS. The highest BCUT2D eigenvalue weighted by Gasteiger charge is 1.86. The fourth-order valence-electron chi connectivity index (χ4n) is 0.995. The Bertz CT molecular complexity index is 283. The first kappa shape index (κ1) is 7.22. The summed E-state index contributed by atoms with van der Waals surface area (Å²) in [5.41, 5.74) is 1.21. The molecule has 10 heavy (non-hydrogen) atoms. The molecule has 52 valence electrons. The lowest BCUT2D eigenvalue weighted by Gasteiger charge is -1.83. The smallest absolute Gasteiger partial charge is 0.0453 e. The second-order valence-corrected chi connectivity index (χ2v) is 2.06. The summed E-state index contributed by atoms with van der Waals surface area (Å²) in [6.45, 7) is 0. The highest BCUT2D eigenvalue weighted by Crippen LogP contribution is 2.09. The molecule has 0 amide bonds. The number of H-pyrrole nitrogens is 1. The van der Waals surface area contributed by atoms with Gasteiger partial charge in [0.05, 0.1) is 0 Å². The predicted octanol–water partition coefficient (Wildman–Crippen LogP) is 2.28. The third-order valence-electron chi connectivity index (χ3n) is 1.46. The Kier molecular flexibility index (Phi) is 2.02. The van der Waals surface area contributed by atoms with Crippen molar-refractivity contribution >= 4 is 24.4 Å². The average molecular weight is 151 g/mol. The van der Waals surface area contributed by atoms with Crippen molar-refractivity contribution in [3.63, 3.8) is 0 Å². The monoisotopic (exact) mass is 151 g/mol. The van der Waals surface area contributed by atoms with Gasteiger partial charge in [0.15, 0.2) is 0 Å². The number of para-hydroxylation sites is 1. The summed E-state index contributed by atoms with van der Waals surface area (Å²) >= 11 is 0. The first-order valence-electron chi connectivity index (χ1n) is 2.99. The van der Waals surface area contributed by atoms with Crippen LogP contribution in [0, 0.1) is 0 Å². The summed E-state index contributed by atoms with van der Waals surface area (Å²) in [7, 11) is 0. The second-order valence-electron chi connectivity index (χ2n) is 2.06. The molecule has 0 unspecified atom stereocenters. The van der Waals surface area contributed by atoms with Gasteiger partial charge in [0, 0.05) is 11.7 Å². The number of fused-ring (bicyclic) bond motifs is 1. The Morgan fingerprint density at radius 2 is 1.80 bits per heavy atom. The highest BCUT2D eigenvalue weighted by atomic mass is 32.1. The summed E-state index contributed by atoms with van der Waals surface area (Å²) in [5.74, 6) is 0. The van der Waals surface area contributed by atoms with E-state index in [-0.39, 0.29) is 13.5 Å². The molecule has 0 aliphatic carbocycles.